The zero-order valence-corrected chi connectivity index (χ0v) is 8.99. The second-order valence-corrected chi connectivity index (χ2v) is 4.03. The molecule has 1 unspecified atom stereocenters. The van der Waals surface area contributed by atoms with Crippen molar-refractivity contribution in [2.75, 3.05) is 23.3 Å². The fourth-order valence-electron chi connectivity index (χ4n) is 1.76. The highest BCUT2D eigenvalue weighted by Gasteiger charge is 2.19. The topological polar surface area (TPSA) is 93.2 Å². The number of benzene rings is 1. The summed E-state index contributed by atoms with van der Waals surface area (Å²) < 4.78 is 0. The van der Waals surface area contributed by atoms with Crippen LogP contribution < -0.4 is 22.1 Å². The van der Waals surface area contributed by atoms with Crippen molar-refractivity contribution in [1.82, 2.24) is 5.32 Å². The molecule has 6 N–H and O–H groups in total. The van der Waals surface area contributed by atoms with Gasteiger partial charge >= 0.3 is 0 Å². The van der Waals surface area contributed by atoms with E-state index in [1.54, 1.807) is 12.1 Å². The maximum absolute atomic E-state index is 11.0. The molecule has 0 radical (unpaired) electrons. The molecule has 1 saturated heterocycles. The molecule has 1 aromatic carbocycles. The Balaban J connectivity index is 1.89. The average Bonchev–Trinajstić information content (AvgIpc) is 2.66. The number of carbonyl (C=O) groups excluding carboxylic acids is 1. The number of amides is 1. The Labute approximate surface area is 94.2 Å². The van der Waals surface area contributed by atoms with E-state index in [0.717, 1.165) is 18.7 Å². The van der Waals surface area contributed by atoms with Crippen LogP contribution in [0, 0.1) is 0 Å². The zero-order valence-electron chi connectivity index (χ0n) is 8.99. The summed E-state index contributed by atoms with van der Waals surface area (Å²) in [6.07, 6.45) is 1.51. The second kappa shape index (κ2) is 4.30. The van der Waals surface area contributed by atoms with Crippen LogP contribution in [0.2, 0.25) is 0 Å². The van der Waals surface area contributed by atoms with Gasteiger partial charge in [0.25, 0.3) is 0 Å². The van der Waals surface area contributed by atoms with Gasteiger partial charge in [-0.25, -0.2) is 0 Å². The van der Waals surface area contributed by atoms with Crippen molar-refractivity contribution in [2.45, 2.75) is 18.9 Å². The highest BCUT2D eigenvalue weighted by atomic mass is 16.1. The maximum atomic E-state index is 11.0. The molecule has 5 heteroatoms. The molecule has 0 aliphatic carbocycles. The smallest absolute Gasteiger partial charge is 0.220 e. The SMILES string of the molecule is Nc1ccc(NCC2CCC(=O)N2)cc1N. The van der Waals surface area contributed by atoms with Crippen LogP contribution in [0.5, 0.6) is 0 Å². The molecule has 0 aromatic heterocycles. The minimum Gasteiger partial charge on any atom is -0.397 e. The molecule has 1 amide bonds. The Morgan fingerprint density at radius 2 is 2.19 bits per heavy atom. The van der Waals surface area contributed by atoms with Crippen LogP contribution in [-0.2, 0) is 4.79 Å². The van der Waals surface area contributed by atoms with E-state index in [-0.39, 0.29) is 11.9 Å². The lowest BCUT2D eigenvalue weighted by atomic mass is 10.2. The number of nitrogens with one attached hydrogen (secondary N) is 2. The molecule has 0 saturated carbocycles. The van der Waals surface area contributed by atoms with Crippen molar-refractivity contribution in [3.63, 3.8) is 0 Å². The number of nitrogens with two attached hydrogens (primary N) is 2. The van der Waals surface area contributed by atoms with Crippen molar-refractivity contribution >= 4 is 23.0 Å². The summed E-state index contributed by atoms with van der Waals surface area (Å²) in [6.45, 7) is 0.717. The summed E-state index contributed by atoms with van der Waals surface area (Å²) >= 11 is 0. The van der Waals surface area contributed by atoms with Crippen LogP contribution in [0.4, 0.5) is 17.1 Å². The quantitative estimate of drug-likeness (QED) is 0.559. The number of anilines is 3. The van der Waals surface area contributed by atoms with Gasteiger partial charge in [0, 0.05) is 24.7 Å². The third-order valence-corrected chi connectivity index (χ3v) is 2.72. The summed E-state index contributed by atoms with van der Waals surface area (Å²) in [5, 5.41) is 6.12. The molecule has 16 heavy (non-hydrogen) atoms. The van der Waals surface area contributed by atoms with Crippen molar-refractivity contribution < 1.29 is 4.79 Å². The van der Waals surface area contributed by atoms with E-state index in [4.69, 9.17) is 11.5 Å². The van der Waals surface area contributed by atoms with Crippen LogP contribution in [-0.4, -0.2) is 18.5 Å². The average molecular weight is 220 g/mol. The third kappa shape index (κ3) is 2.36. The molecule has 1 atom stereocenters. The largest absolute Gasteiger partial charge is 0.397 e. The lowest BCUT2D eigenvalue weighted by Gasteiger charge is -2.13. The Morgan fingerprint density at radius 3 is 2.81 bits per heavy atom. The van der Waals surface area contributed by atoms with Gasteiger partial charge in [0.2, 0.25) is 5.91 Å². The Morgan fingerprint density at radius 1 is 1.38 bits per heavy atom. The lowest BCUT2D eigenvalue weighted by Crippen LogP contribution is -2.31. The molecular weight excluding hydrogens is 204 g/mol. The van der Waals surface area contributed by atoms with E-state index in [2.05, 4.69) is 10.6 Å². The molecule has 2 rings (SSSR count). The monoisotopic (exact) mass is 220 g/mol. The third-order valence-electron chi connectivity index (χ3n) is 2.72. The van der Waals surface area contributed by atoms with E-state index in [1.807, 2.05) is 6.07 Å². The second-order valence-electron chi connectivity index (χ2n) is 4.03. The fraction of sp³-hybridized carbons (Fsp3) is 0.364. The molecule has 1 heterocycles. The van der Waals surface area contributed by atoms with Crippen molar-refractivity contribution in [3.05, 3.63) is 18.2 Å². The van der Waals surface area contributed by atoms with Gasteiger partial charge < -0.3 is 22.1 Å². The Kier molecular flexibility index (Phi) is 2.85. The predicted octanol–water partition coefficient (Wildman–Crippen LogP) is 0.541. The Bertz CT molecular complexity index is 405. The number of hydrogen-bond donors (Lipinski definition) is 4. The summed E-state index contributed by atoms with van der Waals surface area (Å²) in [7, 11) is 0. The van der Waals surface area contributed by atoms with Gasteiger partial charge in [-0.2, -0.15) is 0 Å². The molecule has 86 valence electrons. The van der Waals surface area contributed by atoms with Crippen LogP contribution in [0.3, 0.4) is 0 Å². The fourth-order valence-corrected chi connectivity index (χ4v) is 1.76. The van der Waals surface area contributed by atoms with Crippen LogP contribution >= 0.6 is 0 Å². The molecule has 1 aromatic rings. The van der Waals surface area contributed by atoms with E-state index >= 15 is 0 Å². The van der Waals surface area contributed by atoms with Crippen LogP contribution in [0.15, 0.2) is 18.2 Å². The molecule has 1 aliphatic heterocycles. The number of nitrogen functional groups attached to an aromatic ring is 2. The van der Waals surface area contributed by atoms with Gasteiger partial charge in [-0.3, -0.25) is 4.79 Å². The first kappa shape index (κ1) is 10.6. The molecule has 1 aliphatic rings. The summed E-state index contributed by atoms with van der Waals surface area (Å²) in [5.74, 6) is 0.128. The van der Waals surface area contributed by atoms with E-state index in [9.17, 15) is 4.79 Å². The van der Waals surface area contributed by atoms with Crippen molar-refractivity contribution in [2.24, 2.45) is 0 Å². The normalized spacial score (nSPS) is 19.5. The molecule has 0 bridgehead atoms. The number of carbonyl (C=O) groups is 1. The van der Waals surface area contributed by atoms with Crippen LogP contribution in [0.25, 0.3) is 0 Å². The molecule has 1 fully saturated rings. The molecular formula is C11H16N4O. The lowest BCUT2D eigenvalue weighted by molar-refractivity contribution is -0.119. The van der Waals surface area contributed by atoms with Crippen molar-refractivity contribution in [3.8, 4) is 0 Å². The minimum absolute atomic E-state index is 0.128. The Hall–Kier alpha value is -1.91. The highest BCUT2D eigenvalue weighted by Crippen LogP contribution is 2.19. The maximum Gasteiger partial charge on any atom is 0.220 e. The standard InChI is InChI=1S/C11H16N4O/c12-9-3-1-7(5-10(9)13)14-6-8-2-4-11(16)15-8/h1,3,5,8,14H,2,4,6,12-13H2,(H,15,16). The first-order chi connectivity index (χ1) is 7.65. The van der Waals surface area contributed by atoms with Crippen LogP contribution in [0.1, 0.15) is 12.8 Å². The zero-order chi connectivity index (χ0) is 11.5. The first-order valence-corrected chi connectivity index (χ1v) is 5.33. The summed E-state index contributed by atoms with van der Waals surface area (Å²) in [6, 6.07) is 5.66. The van der Waals surface area contributed by atoms with E-state index < -0.39 is 0 Å². The van der Waals surface area contributed by atoms with Crippen molar-refractivity contribution in [1.29, 1.82) is 0 Å². The minimum atomic E-state index is 0.128. The predicted molar refractivity (Wildman–Crippen MR) is 64.9 cm³/mol. The molecule has 0 spiro atoms. The van der Waals surface area contributed by atoms with E-state index in [1.165, 1.54) is 0 Å². The number of rotatable bonds is 3. The number of hydrogen-bond acceptors (Lipinski definition) is 4. The molecule has 5 nitrogen and oxygen atoms in total. The van der Waals surface area contributed by atoms with Gasteiger partial charge in [0.15, 0.2) is 0 Å². The van der Waals surface area contributed by atoms with Gasteiger partial charge in [-0.05, 0) is 24.6 Å². The summed E-state index contributed by atoms with van der Waals surface area (Å²) in [5.41, 5.74) is 13.4. The first-order valence-electron chi connectivity index (χ1n) is 5.33. The van der Waals surface area contributed by atoms with Gasteiger partial charge in [0.05, 0.1) is 11.4 Å². The highest BCUT2D eigenvalue weighted by molar-refractivity contribution is 5.78. The summed E-state index contributed by atoms with van der Waals surface area (Å²) in [4.78, 5) is 11.0. The van der Waals surface area contributed by atoms with Gasteiger partial charge in [0.1, 0.15) is 0 Å². The van der Waals surface area contributed by atoms with Gasteiger partial charge in [-0.1, -0.05) is 0 Å². The van der Waals surface area contributed by atoms with E-state index in [0.29, 0.717) is 17.8 Å². The van der Waals surface area contributed by atoms with Gasteiger partial charge in [-0.15, -0.1) is 0 Å².